The molecule has 8 heteroatoms. The van der Waals surface area contributed by atoms with Crippen LogP contribution in [0.25, 0.3) is 10.8 Å². The van der Waals surface area contributed by atoms with E-state index in [4.69, 9.17) is 0 Å². The Kier molecular flexibility index (Phi) is 3.90. The summed E-state index contributed by atoms with van der Waals surface area (Å²) in [6.45, 7) is 0. The topological polar surface area (TPSA) is 164 Å². The Morgan fingerprint density at radius 2 is 1.24 bits per heavy atom. The lowest BCUT2D eigenvalue weighted by atomic mass is 9.51. The number of hydrogen-bond donors (Lipinski definition) is 4. The molecule has 8 nitrogen and oxygen atoms in total. The fraction of sp³-hybridized carbons (Fsp3) is 0.167. The summed E-state index contributed by atoms with van der Waals surface area (Å²) in [6.07, 6.45) is -0.161. The van der Waals surface area contributed by atoms with Crippen LogP contribution in [-0.2, 0) is 15.6 Å². The van der Waals surface area contributed by atoms with E-state index in [9.17, 15) is 34.8 Å². The van der Waals surface area contributed by atoms with Crippen LogP contribution in [0.2, 0.25) is 0 Å². The number of aromatic hydroxyl groups is 4. The van der Waals surface area contributed by atoms with Gasteiger partial charge < -0.3 is 25.9 Å². The van der Waals surface area contributed by atoms with E-state index in [2.05, 4.69) is 0 Å². The van der Waals surface area contributed by atoms with Crippen molar-refractivity contribution in [3.8, 4) is 23.0 Å². The molecule has 4 aromatic carbocycles. The van der Waals surface area contributed by atoms with E-state index in [1.165, 1.54) is 24.3 Å². The number of fused-ring (bicyclic) bond motifs is 4. The zero-order chi connectivity index (χ0) is 25.6. The number of carbonyl (C=O) groups is 3. The number of carbonyl (C=O) groups excluding carboxylic acids is 3. The molecule has 4 aliphatic rings. The Morgan fingerprint density at radius 1 is 0.632 bits per heavy atom. The van der Waals surface area contributed by atoms with Gasteiger partial charge in [-0.05, 0) is 57.8 Å². The van der Waals surface area contributed by atoms with Crippen molar-refractivity contribution in [2.45, 2.75) is 17.3 Å². The SMILES string of the molecule is O.O=C1C[C@@H]2[C@@H]3C(=O)c4c(O)cccc4[C@]4(C3=O)c3ccc(O)c5c(O)ccc(c35)[C@@]24c2cccc(O)c21. The van der Waals surface area contributed by atoms with Gasteiger partial charge in [0.25, 0.3) is 0 Å². The summed E-state index contributed by atoms with van der Waals surface area (Å²) in [4.78, 5) is 42.1. The molecule has 0 saturated heterocycles. The quantitative estimate of drug-likeness (QED) is 0.265. The molecule has 0 aliphatic heterocycles. The number of benzene rings is 4. The lowest BCUT2D eigenvalue weighted by molar-refractivity contribution is -0.124. The lowest BCUT2D eigenvalue weighted by Crippen LogP contribution is -2.53. The van der Waals surface area contributed by atoms with E-state index in [1.54, 1.807) is 36.4 Å². The van der Waals surface area contributed by atoms with Crippen LogP contribution in [0.5, 0.6) is 23.0 Å². The molecular formula is C30H20O8. The van der Waals surface area contributed by atoms with Crippen molar-refractivity contribution in [1.29, 1.82) is 0 Å². The Hall–Kier alpha value is -4.69. The minimum absolute atomic E-state index is 0. The van der Waals surface area contributed by atoms with Crippen LogP contribution in [0, 0.1) is 11.8 Å². The van der Waals surface area contributed by atoms with Crippen LogP contribution in [0.4, 0.5) is 0 Å². The molecule has 2 bridgehead atoms. The highest BCUT2D eigenvalue weighted by Gasteiger charge is 2.80. The first-order chi connectivity index (χ1) is 17.8. The van der Waals surface area contributed by atoms with Crippen LogP contribution in [0.3, 0.4) is 0 Å². The molecule has 1 fully saturated rings. The average molecular weight is 508 g/mol. The fourth-order valence-corrected chi connectivity index (χ4v) is 8.33. The van der Waals surface area contributed by atoms with Crippen molar-refractivity contribution in [3.05, 3.63) is 94.0 Å². The normalized spacial score (nSPS) is 27.4. The third-order valence-corrected chi connectivity index (χ3v) is 9.27. The van der Waals surface area contributed by atoms with Crippen LogP contribution in [0.15, 0.2) is 60.7 Å². The highest BCUT2D eigenvalue weighted by Crippen LogP contribution is 2.75. The Labute approximate surface area is 214 Å². The molecular weight excluding hydrogens is 488 g/mol. The number of Topliss-reactive ketones (excluding diaryl/α,β-unsaturated/α-hetero) is 3. The Morgan fingerprint density at radius 3 is 1.92 bits per heavy atom. The van der Waals surface area contributed by atoms with E-state index in [0.29, 0.717) is 27.6 Å². The van der Waals surface area contributed by atoms with E-state index < -0.39 is 28.4 Å². The third-order valence-electron chi connectivity index (χ3n) is 9.27. The minimum atomic E-state index is -1.53. The summed E-state index contributed by atoms with van der Waals surface area (Å²) in [7, 11) is 0. The zero-order valence-corrected chi connectivity index (χ0v) is 19.6. The molecule has 6 N–H and O–H groups in total. The standard InChI is InChI=1S/C30H18O7.H2O/c31-17-5-1-3-12-23(17)21(35)11-16-25-27(36)24-13(4-2-6-18(24)32)30(28(25)37)15-8-10-20(34)26-19(33)9-7-14(22(15)26)29(12,16)30;/h1-10,16,25,31-34H,11H2;1H2/t16-,25-,29+,30-;/m1./s1. The van der Waals surface area contributed by atoms with E-state index >= 15 is 0 Å². The maximum Gasteiger partial charge on any atom is 0.177 e. The first-order valence-electron chi connectivity index (χ1n) is 12.0. The number of phenolic OH excluding ortho intramolecular Hbond substituents is 4. The summed E-state index contributed by atoms with van der Waals surface area (Å²) < 4.78 is 0. The predicted molar refractivity (Wildman–Crippen MR) is 134 cm³/mol. The van der Waals surface area contributed by atoms with E-state index in [1.807, 2.05) is 0 Å². The van der Waals surface area contributed by atoms with E-state index in [-0.39, 0.29) is 63.0 Å². The summed E-state index contributed by atoms with van der Waals surface area (Å²) in [5.41, 5.74) is -0.839. The van der Waals surface area contributed by atoms with Gasteiger partial charge >= 0.3 is 0 Å². The molecule has 188 valence electrons. The maximum absolute atomic E-state index is 14.7. The molecule has 0 unspecified atom stereocenters. The second-order valence-electron chi connectivity index (χ2n) is 10.4. The van der Waals surface area contributed by atoms with Gasteiger partial charge in [0, 0.05) is 11.8 Å². The Bertz CT molecular complexity index is 1830. The molecule has 0 radical (unpaired) electrons. The van der Waals surface area contributed by atoms with Gasteiger partial charge in [-0.15, -0.1) is 0 Å². The van der Waals surface area contributed by atoms with Crippen molar-refractivity contribution in [1.82, 2.24) is 0 Å². The molecule has 4 atom stereocenters. The third kappa shape index (κ3) is 1.92. The smallest absolute Gasteiger partial charge is 0.177 e. The second-order valence-corrected chi connectivity index (χ2v) is 10.4. The summed E-state index contributed by atoms with van der Waals surface area (Å²) in [5.74, 6) is -4.06. The van der Waals surface area contributed by atoms with Gasteiger partial charge in [0.15, 0.2) is 17.3 Å². The van der Waals surface area contributed by atoms with Gasteiger partial charge in [-0.1, -0.05) is 36.4 Å². The van der Waals surface area contributed by atoms with Crippen LogP contribution < -0.4 is 0 Å². The molecule has 8 rings (SSSR count). The highest BCUT2D eigenvalue weighted by atomic mass is 16.3. The van der Waals surface area contributed by atoms with Crippen LogP contribution in [-0.4, -0.2) is 43.3 Å². The number of phenols is 4. The minimum Gasteiger partial charge on any atom is -0.507 e. The zero-order valence-electron chi connectivity index (χ0n) is 19.6. The number of ketones is 3. The molecule has 0 heterocycles. The average Bonchev–Trinajstić information content (AvgIpc) is 3.21. The highest BCUT2D eigenvalue weighted by molar-refractivity contribution is 6.28. The number of hydrogen-bond acceptors (Lipinski definition) is 7. The predicted octanol–water partition coefficient (Wildman–Crippen LogP) is 3.02. The largest absolute Gasteiger partial charge is 0.507 e. The Balaban J connectivity index is 0.00000242. The molecule has 1 saturated carbocycles. The van der Waals surface area contributed by atoms with Crippen LogP contribution in [0.1, 0.15) is 49.4 Å². The van der Waals surface area contributed by atoms with Gasteiger partial charge in [-0.3, -0.25) is 14.4 Å². The monoisotopic (exact) mass is 508 g/mol. The van der Waals surface area contributed by atoms with Gasteiger partial charge in [-0.2, -0.15) is 0 Å². The molecule has 38 heavy (non-hydrogen) atoms. The fourth-order valence-electron chi connectivity index (χ4n) is 8.33. The van der Waals surface area contributed by atoms with Crippen molar-refractivity contribution in [2.75, 3.05) is 0 Å². The first-order valence-corrected chi connectivity index (χ1v) is 12.0. The number of rotatable bonds is 0. The van der Waals surface area contributed by atoms with Crippen molar-refractivity contribution >= 4 is 28.1 Å². The summed E-state index contributed by atoms with van der Waals surface area (Å²) in [6, 6.07) is 15.6. The van der Waals surface area contributed by atoms with Gasteiger partial charge in [0.2, 0.25) is 0 Å². The van der Waals surface area contributed by atoms with E-state index in [0.717, 1.165) is 0 Å². The summed E-state index contributed by atoms with van der Waals surface area (Å²) >= 11 is 0. The molecule has 2 spiro atoms. The maximum atomic E-state index is 14.7. The lowest BCUT2D eigenvalue weighted by Gasteiger charge is -2.47. The summed E-state index contributed by atoms with van der Waals surface area (Å²) in [5, 5.41) is 44.0. The van der Waals surface area contributed by atoms with Gasteiger partial charge in [-0.25, -0.2) is 0 Å². The molecule has 0 aromatic heterocycles. The van der Waals surface area contributed by atoms with Crippen molar-refractivity contribution in [3.63, 3.8) is 0 Å². The van der Waals surface area contributed by atoms with Crippen molar-refractivity contribution < 1.29 is 40.3 Å². The van der Waals surface area contributed by atoms with Crippen molar-refractivity contribution in [2.24, 2.45) is 11.8 Å². The molecule has 4 aromatic rings. The van der Waals surface area contributed by atoms with Gasteiger partial charge in [0.05, 0.1) is 27.8 Å². The first kappa shape index (κ1) is 22.5. The second kappa shape index (κ2) is 6.59. The van der Waals surface area contributed by atoms with Gasteiger partial charge in [0.1, 0.15) is 23.0 Å². The molecule has 0 amide bonds. The van der Waals surface area contributed by atoms with Crippen LogP contribution >= 0.6 is 0 Å². The molecule has 4 aliphatic carbocycles.